The first kappa shape index (κ1) is 20.4. The standard InChI is InChI=1S/C24H29N3O3/c1-2-30-22-13-6-5-12-20(22)25-23(28)17-9-7-8-16(14-17)15-21-18-10-3-4-11-19(18)24(29)27-26-21/h5-9,12-14,18-19,21,26H,2-4,10-11,15H2,1H3,(H,25,28)(H,27,29). The summed E-state index contributed by atoms with van der Waals surface area (Å²) in [5, 5.41) is 2.96. The van der Waals surface area contributed by atoms with E-state index < -0.39 is 0 Å². The molecule has 4 rings (SSSR count). The predicted octanol–water partition coefficient (Wildman–Crippen LogP) is 3.69. The number of hydrogen-bond acceptors (Lipinski definition) is 4. The third-order valence-corrected chi connectivity index (χ3v) is 6.13. The SMILES string of the molecule is CCOc1ccccc1NC(=O)c1cccc(CC2NNC(=O)C3CCCCC23)c1. The fourth-order valence-corrected chi connectivity index (χ4v) is 4.67. The third kappa shape index (κ3) is 4.49. The van der Waals surface area contributed by atoms with Gasteiger partial charge in [0.05, 0.1) is 12.3 Å². The molecule has 2 amide bonds. The molecule has 3 atom stereocenters. The molecule has 1 saturated carbocycles. The van der Waals surface area contributed by atoms with E-state index in [0.29, 0.717) is 29.5 Å². The Morgan fingerprint density at radius 3 is 2.83 bits per heavy atom. The summed E-state index contributed by atoms with van der Waals surface area (Å²) in [4.78, 5) is 25.0. The number of rotatable bonds is 6. The van der Waals surface area contributed by atoms with Gasteiger partial charge in [0.15, 0.2) is 0 Å². The van der Waals surface area contributed by atoms with Crippen LogP contribution in [0.15, 0.2) is 48.5 Å². The molecule has 0 aromatic heterocycles. The number of hydrogen-bond donors (Lipinski definition) is 3. The van der Waals surface area contributed by atoms with Gasteiger partial charge in [-0.2, -0.15) is 0 Å². The van der Waals surface area contributed by atoms with Crippen molar-refractivity contribution in [2.45, 2.75) is 45.1 Å². The van der Waals surface area contributed by atoms with Gasteiger partial charge in [-0.15, -0.1) is 0 Å². The molecular formula is C24H29N3O3. The lowest BCUT2D eigenvalue weighted by Crippen LogP contribution is -2.60. The van der Waals surface area contributed by atoms with Gasteiger partial charge in [-0.25, -0.2) is 5.43 Å². The molecule has 3 unspecified atom stereocenters. The Balaban J connectivity index is 1.46. The molecule has 0 radical (unpaired) electrons. The first-order chi connectivity index (χ1) is 14.7. The van der Waals surface area contributed by atoms with Crippen molar-refractivity contribution in [3.8, 4) is 5.75 Å². The lowest BCUT2D eigenvalue weighted by molar-refractivity contribution is -0.133. The summed E-state index contributed by atoms with van der Waals surface area (Å²) in [5.74, 6) is 1.08. The van der Waals surface area contributed by atoms with E-state index in [2.05, 4.69) is 16.2 Å². The monoisotopic (exact) mass is 407 g/mol. The molecule has 2 fully saturated rings. The molecule has 1 saturated heterocycles. The van der Waals surface area contributed by atoms with Crippen molar-refractivity contribution in [2.75, 3.05) is 11.9 Å². The summed E-state index contributed by atoms with van der Waals surface area (Å²) >= 11 is 0. The lowest BCUT2D eigenvalue weighted by atomic mass is 9.72. The molecular weight excluding hydrogens is 378 g/mol. The van der Waals surface area contributed by atoms with E-state index in [1.54, 1.807) is 0 Å². The van der Waals surface area contributed by atoms with Gasteiger partial charge < -0.3 is 10.1 Å². The van der Waals surface area contributed by atoms with Gasteiger partial charge in [0, 0.05) is 17.5 Å². The van der Waals surface area contributed by atoms with Crippen LogP contribution < -0.4 is 20.9 Å². The molecule has 3 N–H and O–H groups in total. The second-order valence-electron chi connectivity index (χ2n) is 8.08. The topological polar surface area (TPSA) is 79.5 Å². The minimum absolute atomic E-state index is 0.103. The van der Waals surface area contributed by atoms with Gasteiger partial charge in [-0.3, -0.25) is 15.0 Å². The summed E-state index contributed by atoms with van der Waals surface area (Å²) in [6, 6.07) is 15.3. The first-order valence-electron chi connectivity index (χ1n) is 10.8. The Kier molecular flexibility index (Phi) is 6.33. The minimum Gasteiger partial charge on any atom is -0.492 e. The molecule has 1 heterocycles. The maximum atomic E-state index is 12.8. The highest BCUT2D eigenvalue weighted by molar-refractivity contribution is 6.05. The molecule has 30 heavy (non-hydrogen) atoms. The van der Waals surface area contributed by atoms with Crippen molar-refractivity contribution in [2.24, 2.45) is 11.8 Å². The van der Waals surface area contributed by atoms with Crippen LogP contribution in [0.3, 0.4) is 0 Å². The normalized spacial score (nSPS) is 23.2. The van der Waals surface area contributed by atoms with Crippen LogP contribution in [0.1, 0.15) is 48.5 Å². The van der Waals surface area contributed by atoms with Crippen LogP contribution in [0.5, 0.6) is 5.75 Å². The molecule has 158 valence electrons. The van der Waals surface area contributed by atoms with Gasteiger partial charge in [0.2, 0.25) is 5.91 Å². The van der Waals surface area contributed by atoms with Crippen molar-refractivity contribution in [1.29, 1.82) is 0 Å². The number of carbonyl (C=O) groups is 2. The highest BCUT2D eigenvalue weighted by atomic mass is 16.5. The molecule has 6 heteroatoms. The number of anilines is 1. The second kappa shape index (κ2) is 9.30. The van der Waals surface area contributed by atoms with Crippen molar-refractivity contribution in [1.82, 2.24) is 10.9 Å². The van der Waals surface area contributed by atoms with Gasteiger partial charge >= 0.3 is 0 Å². The van der Waals surface area contributed by atoms with E-state index in [1.165, 1.54) is 6.42 Å². The average molecular weight is 408 g/mol. The minimum atomic E-state index is -0.163. The summed E-state index contributed by atoms with van der Waals surface area (Å²) in [6.45, 7) is 2.45. The number of amides is 2. The Hall–Kier alpha value is -2.86. The summed E-state index contributed by atoms with van der Waals surface area (Å²) in [7, 11) is 0. The number of nitrogens with one attached hydrogen (secondary N) is 3. The predicted molar refractivity (Wildman–Crippen MR) is 116 cm³/mol. The zero-order valence-electron chi connectivity index (χ0n) is 17.3. The molecule has 0 bridgehead atoms. The van der Waals surface area contributed by atoms with Crippen LogP contribution in [0, 0.1) is 11.8 Å². The molecule has 1 aliphatic carbocycles. The van der Waals surface area contributed by atoms with Gasteiger partial charge in [0.25, 0.3) is 5.91 Å². The molecule has 0 spiro atoms. The summed E-state index contributed by atoms with van der Waals surface area (Å²) < 4.78 is 5.60. The molecule has 2 aliphatic rings. The van der Waals surface area contributed by atoms with E-state index in [1.807, 2.05) is 55.5 Å². The van der Waals surface area contributed by atoms with Gasteiger partial charge in [0.1, 0.15) is 5.75 Å². The van der Waals surface area contributed by atoms with Crippen LogP contribution in [-0.4, -0.2) is 24.5 Å². The van der Waals surface area contributed by atoms with Crippen molar-refractivity contribution in [3.05, 3.63) is 59.7 Å². The van der Waals surface area contributed by atoms with Gasteiger partial charge in [-0.05, 0) is 61.9 Å². The third-order valence-electron chi connectivity index (χ3n) is 6.13. The average Bonchev–Trinajstić information content (AvgIpc) is 2.78. The quantitative estimate of drug-likeness (QED) is 0.682. The lowest BCUT2D eigenvalue weighted by Gasteiger charge is -2.41. The van der Waals surface area contributed by atoms with E-state index in [4.69, 9.17) is 4.74 Å². The number of hydrazine groups is 1. The number of para-hydroxylation sites is 2. The molecule has 2 aromatic carbocycles. The number of benzene rings is 2. The highest BCUT2D eigenvalue weighted by Crippen LogP contribution is 2.35. The zero-order chi connectivity index (χ0) is 20.9. The fraction of sp³-hybridized carbons (Fsp3) is 0.417. The largest absolute Gasteiger partial charge is 0.492 e. The van der Waals surface area contributed by atoms with E-state index in [9.17, 15) is 9.59 Å². The second-order valence-corrected chi connectivity index (χ2v) is 8.08. The maximum Gasteiger partial charge on any atom is 0.255 e. The number of ether oxygens (including phenoxy) is 1. The highest BCUT2D eigenvalue weighted by Gasteiger charge is 2.39. The summed E-state index contributed by atoms with van der Waals surface area (Å²) in [5.41, 5.74) is 8.42. The maximum absolute atomic E-state index is 12.8. The Labute approximate surface area is 177 Å². The van der Waals surface area contributed by atoms with E-state index >= 15 is 0 Å². The fourth-order valence-electron chi connectivity index (χ4n) is 4.67. The van der Waals surface area contributed by atoms with Crippen molar-refractivity contribution >= 4 is 17.5 Å². The summed E-state index contributed by atoms with van der Waals surface area (Å²) in [6.07, 6.45) is 5.12. The van der Waals surface area contributed by atoms with Crippen LogP contribution in [-0.2, 0) is 11.2 Å². The Morgan fingerprint density at radius 1 is 1.13 bits per heavy atom. The molecule has 6 nitrogen and oxygen atoms in total. The van der Waals surface area contributed by atoms with Gasteiger partial charge in [-0.1, -0.05) is 37.1 Å². The zero-order valence-corrected chi connectivity index (χ0v) is 17.3. The first-order valence-corrected chi connectivity index (χ1v) is 10.8. The van der Waals surface area contributed by atoms with Crippen LogP contribution in [0.25, 0.3) is 0 Å². The van der Waals surface area contributed by atoms with E-state index in [-0.39, 0.29) is 23.8 Å². The van der Waals surface area contributed by atoms with Crippen LogP contribution in [0.4, 0.5) is 5.69 Å². The Bertz CT molecular complexity index is 914. The molecule has 2 aromatic rings. The van der Waals surface area contributed by atoms with Crippen molar-refractivity contribution < 1.29 is 14.3 Å². The number of carbonyl (C=O) groups excluding carboxylic acids is 2. The number of fused-ring (bicyclic) bond motifs is 1. The van der Waals surface area contributed by atoms with Crippen LogP contribution in [0.2, 0.25) is 0 Å². The van der Waals surface area contributed by atoms with E-state index in [0.717, 1.165) is 31.2 Å². The van der Waals surface area contributed by atoms with Crippen LogP contribution >= 0.6 is 0 Å². The smallest absolute Gasteiger partial charge is 0.255 e. The van der Waals surface area contributed by atoms with Crippen molar-refractivity contribution in [3.63, 3.8) is 0 Å². The Morgan fingerprint density at radius 2 is 1.97 bits per heavy atom. The molecule has 1 aliphatic heterocycles.